The predicted molar refractivity (Wildman–Crippen MR) is 102 cm³/mol. The van der Waals surface area contributed by atoms with E-state index in [0.717, 1.165) is 24.8 Å². The Balaban J connectivity index is 1.83. The molecule has 0 aliphatic heterocycles. The SMILES string of the molecule is C=C1[C@H](C)CCC[C@@]1(C)CCC#CCOS(=O)(=O)c1ccc(C)cc1. The van der Waals surface area contributed by atoms with E-state index in [0.29, 0.717) is 5.92 Å². The van der Waals surface area contributed by atoms with Crippen LogP contribution in [0.2, 0.25) is 0 Å². The average Bonchev–Trinajstić information content (AvgIpc) is 2.56. The Morgan fingerprint density at radius 3 is 2.64 bits per heavy atom. The van der Waals surface area contributed by atoms with E-state index in [2.05, 4.69) is 32.3 Å². The highest BCUT2D eigenvalue weighted by atomic mass is 32.2. The Labute approximate surface area is 152 Å². The summed E-state index contributed by atoms with van der Waals surface area (Å²) in [5.41, 5.74) is 2.49. The highest BCUT2D eigenvalue weighted by Gasteiger charge is 2.33. The molecular formula is C21H28O3S. The van der Waals surface area contributed by atoms with Crippen LogP contribution in [0.25, 0.3) is 0 Å². The zero-order chi connectivity index (χ0) is 18.5. The van der Waals surface area contributed by atoms with Crippen molar-refractivity contribution in [2.75, 3.05) is 6.61 Å². The van der Waals surface area contributed by atoms with Crippen LogP contribution in [0.3, 0.4) is 0 Å². The molecule has 4 heteroatoms. The molecule has 1 aromatic rings. The van der Waals surface area contributed by atoms with Crippen molar-refractivity contribution < 1.29 is 12.6 Å². The first-order chi connectivity index (χ1) is 11.7. The van der Waals surface area contributed by atoms with Crippen LogP contribution in [-0.4, -0.2) is 15.0 Å². The molecule has 1 aromatic carbocycles. The van der Waals surface area contributed by atoms with Gasteiger partial charge in [-0.25, -0.2) is 0 Å². The molecule has 1 aliphatic carbocycles. The summed E-state index contributed by atoms with van der Waals surface area (Å²) < 4.78 is 29.1. The van der Waals surface area contributed by atoms with Gasteiger partial charge in [-0.2, -0.15) is 8.42 Å². The van der Waals surface area contributed by atoms with Crippen LogP contribution in [0.15, 0.2) is 41.3 Å². The van der Waals surface area contributed by atoms with Crippen LogP contribution in [-0.2, 0) is 14.3 Å². The summed E-state index contributed by atoms with van der Waals surface area (Å²) in [4.78, 5) is 0.167. The minimum absolute atomic E-state index is 0.107. The molecule has 1 saturated carbocycles. The summed E-state index contributed by atoms with van der Waals surface area (Å²) in [7, 11) is -3.73. The largest absolute Gasteiger partial charge is 0.297 e. The zero-order valence-corrected chi connectivity index (χ0v) is 16.3. The third-order valence-electron chi connectivity index (χ3n) is 5.26. The lowest BCUT2D eigenvalue weighted by Crippen LogP contribution is -2.27. The second-order valence-corrected chi connectivity index (χ2v) is 8.88. The number of rotatable bonds is 5. The van der Waals surface area contributed by atoms with E-state index < -0.39 is 10.1 Å². The summed E-state index contributed by atoms with van der Waals surface area (Å²) >= 11 is 0. The van der Waals surface area contributed by atoms with Crippen molar-refractivity contribution in [1.82, 2.24) is 0 Å². The van der Waals surface area contributed by atoms with Crippen LogP contribution < -0.4 is 0 Å². The molecule has 25 heavy (non-hydrogen) atoms. The minimum atomic E-state index is -3.73. The van der Waals surface area contributed by atoms with Crippen molar-refractivity contribution in [2.24, 2.45) is 11.3 Å². The molecule has 0 spiro atoms. The average molecular weight is 361 g/mol. The van der Waals surface area contributed by atoms with Gasteiger partial charge in [0.15, 0.2) is 0 Å². The molecule has 3 nitrogen and oxygen atoms in total. The summed E-state index contributed by atoms with van der Waals surface area (Å²) in [6.45, 7) is 10.6. The number of aryl methyl sites for hydroxylation is 1. The van der Waals surface area contributed by atoms with E-state index in [1.807, 2.05) is 6.92 Å². The maximum Gasteiger partial charge on any atom is 0.297 e. The molecule has 0 bridgehead atoms. The molecule has 0 radical (unpaired) electrons. The number of hydrogen-bond donors (Lipinski definition) is 0. The van der Waals surface area contributed by atoms with Gasteiger partial charge in [-0.3, -0.25) is 4.18 Å². The molecule has 0 N–H and O–H groups in total. The lowest BCUT2D eigenvalue weighted by Gasteiger charge is -2.39. The lowest BCUT2D eigenvalue weighted by atomic mass is 9.66. The molecule has 0 saturated heterocycles. The quantitative estimate of drug-likeness (QED) is 0.427. The standard InChI is InChI=1S/C21H28O3S/c1-17-10-12-20(13-11-17)25(22,23)24-16-7-5-6-14-21(4)15-8-9-18(2)19(21)3/h10-13,18H,3,6,8-9,14-16H2,1-2,4H3/t18-,21-/m1/s1. The minimum Gasteiger partial charge on any atom is -0.253 e. The monoisotopic (exact) mass is 360 g/mol. The molecule has 0 unspecified atom stereocenters. The van der Waals surface area contributed by atoms with Gasteiger partial charge in [0.05, 0.1) is 4.90 Å². The molecule has 2 rings (SSSR count). The molecule has 136 valence electrons. The predicted octanol–water partition coefficient (Wildman–Crippen LogP) is 4.87. The fraction of sp³-hybridized carbons (Fsp3) is 0.524. The molecule has 0 heterocycles. The van der Waals surface area contributed by atoms with E-state index >= 15 is 0 Å². The Morgan fingerprint density at radius 2 is 1.96 bits per heavy atom. The van der Waals surface area contributed by atoms with E-state index in [4.69, 9.17) is 4.18 Å². The second-order valence-electron chi connectivity index (χ2n) is 7.26. The number of benzene rings is 1. The number of hydrogen-bond acceptors (Lipinski definition) is 3. The highest BCUT2D eigenvalue weighted by molar-refractivity contribution is 7.86. The summed E-state index contributed by atoms with van der Waals surface area (Å²) in [5.74, 6) is 6.45. The van der Waals surface area contributed by atoms with Crippen LogP contribution >= 0.6 is 0 Å². The number of allylic oxidation sites excluding steroid dienone is 1. The van der Waals surface area contributed by atoms with Gasteiger partial charge < -0.3 is 0 Å². The first-order valence-corrected chi connectivity index (χ1v) is 10.3. The van der Waals surface area contributed by atoms with Gasteiger partial charge in [-0.1, -0.05) is 56.0 Å². The third-order valence-corrected chi connectivity index (χ3v) is 6.54. The molecule has 1 fully saturated rings. The van der Waals surface area contributed by atoms with E-state index in [1.54, 1.807) is 24.3 Å². The summed E-state index contributed by atoms with van der Waals surface area (Å²) in [6.07, 6.45) is 5.33. The van der Waals surface area contributed by atoms with Gasteiger partial charge in [0.2, 0.25) is 0 Å². The van der Waals surface area contributed by atoms with Gasteiger partial charge >= 0.3 is 0 Å². The molecule has 1 aliphatic rings. The van der Waals surface area contributed by atoms with Crippen LogP contribution in [0.1, 0.15) is 51.5 Å². The lowest BCUT2D eigenvalue weighted by molar-refractivity contribution is 0.250. The molecule has 0 aromatic heterocycles. The fourth-order valence-corrected chi connectivity index (χ4v) is 4.19. The third kappa shape index (κ3) is 5.20. The summed E-state index contributed by atoms with van der Waals surface area (Å²) in [5, 5.41) is 0. The van der Waals surface area contributed by atoms with Crippen molar-refractivity contribution in [3.8, 4) is 11.8 Å². The van der Waals surface area contributed by atoms with Gasteiger partial charge in [0.25, 0.3) is 10.1 Å². The van der Waals surface area contributed by atoms with Crippen LogP contribution in [0.5, 0.6) is 0 Å². The van der Waals surface area contributed by atoms with E-state index in [-0.39, 0.29) is 16.9 Å². The Morgan fingerprint density at radius 1 is 1.28 bits per heavy atom. The fourth-order valence-electron chi connectivity index (χ4n) is 3.37. The first kappa shape index (κ1) is 19.8. The summed E-state index contributed by atoms with van der Waals surface area (Å²) in [6, 6.07) is 6.60. The van der Waals surface area contributed by atoms with Gasteiger partial charge in [-0.15, -0.1) is 5.92 Å². The topological polar surface area (TPSA) is 43.4 Å². The van der Waals surface area contributed by atoms with Crippen molar-refractivity contribution >= 4 is 10.1 Å². The Bertz CT molecular complexity index is 766. The van der Waals surface area contributed by atoms with Gasteiger partial charge in [0.1, 0.15) is 6.61 Å². The molecule has 0 amide bonds. The highest BCUT2D eigenvalue weighted by Crippen LogP contribution is 2.45. The normalized spacial score (nSPS) is 23.8. The Kier molecular flexibility index (Phi) is 6.48. The van der Waals surface area contributed by atoms with E-state index in [9.17, 15) is 8.42 Å². The maximum atomic E-state index is 12.1. The maximum absolute atomic E-state index is 12.1. The van der Waals surface area contributed by atoms with Crippen molar-refractivity contribution in [3.63, 3.8) is 0 Å². The molecule has 2 atom stereocenters. The van der Waals surface area contributed by atoms with Gasteiger partial charge in [-0.05, 0) is 49.7 Å². The Hall–Kier alpha value is -1.57. The zero-order valence-electron chi connectivity index (χ0n) is 15.5. The van der Waals surface area contributed by atoms with Crippen LogP contribution in [0, 0.1) is 30.1 Å². The van der Waals surface area contributed by atoms with Crippen LogP contribution in [0.4, 0.5) is 0 Å². The van der Waals surface area contributed by atoms with E-state index in [1.165, 1.54) is 18.4 Å². The van der Waals surface area contributed by atoms with Crippen molar-refractivity contribution in [2.45, 2.75) is 57.8 Å². The second kappa shape index (κ2) is 8.21. The van der Waals surface area contributed by atoms with Gasteiger partial charge in [0, 0.05) is 6.42 Å². The molecular weight excluding hydrogens is 332 g/mol. The van der Waals surface area contributed by atoms with Crippen molar-refractivity contribution in [3.05, 3.63) is 42.0 Å². The van der Waals surface area contributed by atoms with Crippen molar-refractivity contribution in [1.29, 1.82) is 0 Å². The first-order valence-electron chi connectivity index (χ1n) is 8.86. The smallest absolute Gasteiger partial charge is 0.253 e.